The minimum Gasteiger partial charge on any atom is -0.396 e. The van der Waals surface area contributed by atoms with Crippen molar-refractivity contribution >= 4 is 5.91 Å². The van der Waals surface area contributed by atoms with Crippen molar-refractivity contribution in [1.82, 2.24) is 9.47 Å². The van der Waals surface area contributed by atoms with Crippen LogP contribution >= 0.6 is 0 Å². The zero-order chi connectivity index (χ0) is 16.2. The summed E-state index contributed by atoms with van der Waals surface area (Å²) in [5.41, 5.74) is -0.710. The van der Waals surface area contributed by atoms with Gasteiger partial charge in [-0.05, 0) is 12.8 Å². The third kappa shape index (κ3) is 3.56. The molecule has 2 heterocycles. The van der Waals surface area contributed by atoms with Crippen LogP contribution in [0.2, 0.25) is 0 Å². The number of aliphatic hydroxyl groups is 2. The lowest BCUT2D eigenvalue weighted by molar-refractivity contribution is -0.143. The topological polar surface area (TPSA) is 82.8 Å². The first kappa shape index (κ1) is 16.7. The molecule has 2 atom stereocenters. The van der Waals surface area contributed by atoms with Crippen LogP contribution in [0.25, 0.3) is 0 Å². The lowest BCUT2D eigenvalue weighted by Crippen LogP contribution is -2.55. The fourth-order valence-corrected chi connectivity index (χ4v) is 3.14. The summed E-state index contributed by atoms with van der Waals surface area (Å²) in [4.78, 5) is 25.2. The maximum absolute atomic E-state index is 12.4. The van der Waals surface area contributed by atoms with E-state index in [2.05, 4.69) is 0 Å². The molecule has 0 spiro atoms. The summed E-state index contributed by atoms with van der Waals surface area (Å²) in [5, 5.41) is 20.0. The molecule has 1 aliphatic heterocycles. The number of carbonyl (C=O) groups excluding carboxylic acids is 1. The van der Waals surface area contributed by atoms with Crippen molar-refractivity contribution in [2.24, 2.45) is 5.41 Å². The molecule has 1 aromatic rings. The van der Waals surface area contributed by atoms with Gasteiger partial charge in [0.1, 0.15) is 6.54 Å². The van der Waals surface area contributed by atoms with Crippen LogP contribution in [0.3, 0.4) is 0 Å². The minimum absolute atomic E-state index is 0.0653. The molecule has 0 aromatic carbocycles. The monoisotopic (exact) mass is 308 g/mol. The van der Waals surface area contributed by atoms with Crippen molar-refractivity contribution in [1.29, 1.82) is 0 Å². The van der Waals surface area contributed by atoms with E-state index in [1.54, 1.807) is 21.9 Å². The number of aliphatic hydroxyl groups excluding tert-OH is 2. The Morgan fingerprint density at radius 2 is 2.09 bits per heavy atom. The molecule has 6 nitrogen and oxygen atoms in total. The normalized spacial score (nSPS) is 25.2. The number of likely N-dealkylation sites (tertiary alicyclic amines) is 1. The van der Waals surface area contributed by atoms with E-state index in [-0.39, 0.29) is 24.5 Å². The third-order valence-corrected chi connectivity index (χ3v) is 4.48. The van der Waals surface area contributed by atoms with Gasteiger partial charge in [-0.2, -0.15) is 0 Å². The molecule has 1 amide bonds. The van der Waals surface area contributed by atoms with Gasteiger partial charge in [-0.25, -0.2) is 0 Å². The number of amides is 1. The van der Waals surface area contributed by atoms with E-state index in [0.29, 0.717) is 25.9 Å². The minimum atomic E-state index is -0.619. The average molecular weight is 308 g/mol. The van der Waals surface area contributed by atoms with Gasteiger partial charge in [0.15, 0.2) is 5.43 Å². The van der Waals surface area contributed by atoms with Crippen molar-refractivity contribution in [3.63, 3.8) is 0 Å². The summed E-state index contributed by atoms with van der Waals surface area (Å²) in [6.45, 7) is 2.91. The highest BCUT2D eigenvalue weighted by atomic mass is 16.3. The second-order valence-corrected chi connectivity index (χ2v) is 6.10. The van der Waals surface area contributed by atoms with Gasteiger partial charge in [-0.1, -0.05) is 13.3 Å². The molecule has 0 unspecified atom stereocenters. The highest BCUT2D eigenvalue weighted by molar-refractivity contribution is 5.76. The molecule has 22 heavy (non-hydrogen) atoms. The molecule has 0 saturated carbocycles. The van der Waals surface area contributed by atoms with Crippen LogP contribution in [-0.2, 0) is 11.3 Å². The Hall–Kier alpha value is -1.66. The van der Waals surface area contributed by atoms with E-state index in [9.17, 15) is 19.8 Å². The van der Waals surface area contributed by atoms with Gasteiger partial charge in [0, 0.05) is 43.0 Å². The number of rotatable bonds is 5. The van der Waals surface area contributed by atoms with E-state index in [1.807, 2.05) is 6.92 Å². The Kier molecular flexibility index (Phi) is 5.37. The number of hydrogen-bond acceptors (Lipinski definition) is 4. The van der Waals surface area contributed by atoms with Crippen molar-refractivity contribution in [2.75, 3.05) is 19.7 Å². The second kappa shape index (κ2) is 7.07. The van der Waals surface area contributed by atoms with Crippen molar-refractivity contribution in [2.45, 2.75) is 38.8 Å². The smallest absolute Gasteiger partial charge is 0.242 e. The van der Waals surface area contributed by atoms with Crippen LogP contribution in [0.4, 0.5) is 0 Å². The number of hydrogen-bond donors (Lipinski definition) is 2. The van der Waals surface area contributed by atoms with E-state index < -0.39 is 11.5 Å². The Labute approximate surface area is 130 Å². The van der Waals surface area contributed by atoms with Crippen LogP contribution in [0.5, 0.6) is 0 Å². The molecule has 122 valence electrons. The average Bonchev–Trinajstić information content (AvgIpc) is 2.52. The summed E-state index contributed by atoms with van der Waals surface area (Å²) in [6, 6.07) is 2.84. The van der Waals surface area contributed by atoms with Gasteiger partial charge in [0.05, 0.1) is 12.7 Å². The van der Waals surface area contributed by atoms with Crippen molar-refractivity contribution in [3.05, 3.63) is 34.7 Å². The van der Waals surface area contributed by atoms with Gasteiger partial charge >= 0.3 is 0 Å². The number of aromatic nitrogens is 1. The Morgan fingerprint density at radius 3 is 2.68 bits per heavy atom. The van der Waals surface area contributed by atoms with E-state index in [4.69, 9.17) is 0 Å². The SMILES string of the molecule is CCC[C@]1(CO)CN(C(=O)Cn2ccc(=O)cc2)CC[C@H]1O. The lowest BCUT2D eigenvalue weighted by atomic mass is 9.74. The molecule has 0 radical (unpaired) electrons. The maximum Gasteiger partial charge on any atom is 0.242 e. The van der Waals surface area contributed by atoms with E-state index >= 15 is 0 Å². The first-order chi connectivity index (χ1) is 10.5. The molecular formula is C16H24N2O4. The Bertz CT molecular complexity index is 551. The quantitative estimate of drug-likeness (QED) is 0.815. The largest absolute Gasteiger partial charge is 0.396 e. The van der Waals surface area contributed by atoms with Gasteiger partial charge in [-0.15, -0.1) is 0 Å². The Balaban J connectivity index is 2.06. The first-order valence-corrected chi connectivity index (χ1v) is 7.73. The van der Waals surface area contributed by atoms with Gasteiger partial charge in [0.2, 0.25) is 5.91 Å². The summed E-state index contributed by atoms with van der Waals surface area (Å²) < 4.78 is 1.66. The zero-order valence-electron chi connectivity index (χ0n) is 12.9. The van der Waals surface area contributed by atoms with Crippen LogP contribution in [0.15, 0.2) is 29.3 Å². The number of carbonyl (C=O) groups is 1. The molecule has 1 fully saturated rings. The molecule has 1 saturated heterocycles. The number of piperidine rings is 1. The van der Waals surface area contributed by atoms with Crippen LogP contribution in [-0.4, -0.2) is 51.4 Å². The summed E-state index contributed by atoms with van der Waals surface area (Å²) in [5.74, 6) is -0.0653. The van der Waals surface area contributed by atoms with Gasteiger partial charge < -0.3 is 19.7 Å². The van der Waals surface area contributed by atoms with Gasteiger partial charge in [0.25, 0.3) is 0 Å². The predicted molar refractivity (Wildman–Crippen MR) is 82.3 cm³/mol. The molecule has 0 aliphatic carbocycles. The van der Waals surface area contributed by atoms with Crippen molar-refractivity contribution in [3.8, 4) is 0 Å². The van der Waals surface area contributed by atoms with Gasteiger partial charge in [-0.3, -0.25) is 9.59 Å². The molecular weight excluding hydrogens is 284 g/mol. The number of pyridine rings is 1. The Morgan fingerprint density at radius 1 is 1.41 bits per heavy atom. The van der Waals surface area contributed by atoms with Crippen LogP contribution in [0, 0.1) is 5.41 Å². The van der Waals surface area contributed by atoms with E-state index in [0.717, 1.165) is 6.42 Å². The highest BCUT2D eigenvalue weighted by Gasteiger charge is 2.42. The molecule has 0 bridgehead atoms. The summed E-state index contributed by atoms with van der Waals surface area (Å²) in [6.07, 6.45) is 4.62. The second-order valence-electron chi connectivity index (χ2n) is 6.10. The molecule has 6 heteroatoms. The third-order valence-electron chi connectivity index (χ3n) is 4.48. The predicted octanol–water partition coefficient (Wildman–Crippen LogP) is 0.220. The summed E-state index contributed by atoms with van der Waals surface area (Å²) >= 11 is 0. The first-order valence-electron chi connectivity index (χ1n) is 7.73. The molecule has 2 N–H and O–H groups in total. The summed E-state index contributed by atoms with van der Waals surface area (Å²) in [7, 11) is 0. The standard InChI is InChI=1S/C16H24N2O4/c1-2-6-16(12-19)11-18(9-5-14(16)21)15(22)10-17-7-3-13(20)4-8-17/h3-4,7-8,14,19,21H,2,5-6,9-12H2,1H3/t14-,16-/m1/s1. The fraction of sp³-hybridized carbons (Fsp3) is 0.625. The highest BCUT2D eigenvalue weighted by Crippen LogP contribution is 2.34. The van der Waals surface area contributed by atoms with Crippen LogP contribution < -0.4 is 5.43 Å². The van der Waals surface area contributed by atoms with Crippen LogP contribution in [0.1, 0.15) is 26.2 Å². The zero-order valence-corrected chi connectivity index (χ0v) is 12.9. The van der Waals surface area contributed by atoms with E-state index in [1.165, 1.54) is 12.1 Å². The number of nitrogens with zero attached hydrogens (tertiary/aromatic N) is 2. The lowest BCUT2D eigenvalue weighted by Gasteiger charge is -2.45. The van der Waals surface area contributed by atoms with Crippen molar-refractivity contribution < 1.29 is 15.0 Å². The molecule has 2 rings (SSSR count). The molecule has 1 aromatic heterocycles. The molecule has 1 aliphatic rings. The maximum atomic E-state index is 12.4. The fourth-order valence-electron chi connectivity index (χ4n) is 3.14.